The number of halogens is 2. The number of carbonyl (C=O) groups excluding carboxylic acids is 2. The highest BCUT2D eigenvalue weighted by molar-refractivity contribution is 9.10. The lowest BCUT2D eigenvalue weighted by Gasteiger charge is -2.10. The summed E-state index contributed by atoms with van der Waals surface area (Å²) in [6.07, 6.45) is 0. The van der Waals surface area contributed by atoms with Crippen molar-refractivity contribution in [1.29, 1.82) is 0 Å². The number of nitrogens with one attached hydrogen (secondary N) is 1. The maximum Gasteiger partial charge on any atom is 0.343 e. The number of rotatable bonds is 6. The summed E-state index contributed by atoms with van der Waals surface area (Å²) in [5, 5.41) is 9.00. The molecule has 1 N–H and O–H groups in total. The summed E-state index contributed by atoms with van der Waals surface area (Å²) in [6.45, 7) is 5.48. The van der Waals surface area contributed by atoms with Crippen LogP contribution in [0.5, 0.6) is 5.75 Å². The van der Waals surface area contributed by atoms with Crippen LogP contribution in [-0.2, 0) is 11.3 Å². The Morgan fingerprint density at radius 1 is 1.16 bits per heavy atom. The standard InChI is InChI=1S/C22H20BrClN4O3/c1-13(25-26-20(29)12-28-15(3)21(23)14(2)27-28)18-6-4-5-7-19(18)31-22(30)16-8-10-17(24)11-9-16/h4-11H,12H2,1-3H3,(H,26,29)/b25-13+. The highest BCUT2D eigenvalue weighted by Crippen LogP contribution is 2.21. The van der Waals surface area contributed by atoms with Crippen molar-refractivity contribution in [3.8, 4) is 5.75 Å². The third-order valence-electron chi connectivity index (χ3n) is 4.49. The lowest BCUT2D eigenvalue weighted by molar-refractivity contribution is -0.121. The van der Waals surface area contributed by atoms with Crippen molar-refractivity contribution < 1.29 is 14.3 Å². The predicted octanol–water partition coefficient (Wildman–Crippen LogP) is 4.68. The summed E-state index contributed by atoms with van der Waals surface area (Å²) in [7, 11) is 0. The van der Waals surface area contributed by atoms with Crippen LogP contribution in [0.3, 0.4) is 0 Å². The lowest BCUT2D eigenvalue weighted by Crippen LogP contribution is -2.25. The second kappa shape index (κ2) is 9.89. The van der Waals surface area contributed by atoms with E-state index >= 15 is 0 Å². The third-order valence-corrected chi connectivity index (χ3v) is 5.89. The Morgan fingerprint density at radius 3 is 2.48 bits per heavy atom. The second-order valence-corrected chi connectivity index (χ2v) is 8.00. The molecule has 0 aliphatic heterocycles. The molecular formula is C22H20BrClN4O3. The van der Waals surface area contributed by atoms with E-state index in [1.54, 1.807) is 60.1 Å². The number of hydrogen-bond acceptors (Lipinski definition) is 5. The van der Waals surface area contributed by atoms with Crippen LogP contribution in [0.15, 0.2) is 58.1 Å². The molecule has 0 bridgehead atoms. The monoisotopic (exact) mass is 502 g/mol. The maximum atomic E-state index is 12.4. The number of nitrogens with zero attached hydrogens (tertiary/aromatic N) is 3. The van der Waals surface area contributed by atoms with E-state index in [1.165, 1.54) is 0 Å². The summed E-state index contributed by atoms with van der Waals surface area (Å²) in [5.41, 5.74) is 5.63. The maximum absolute atomic E-state index is 12.4. The van der Waals surface area contributed by atoms with Crippen LogP contribution in [0.2, 0.25) is 5.02 Å². The first-order valence-corrected chi connectivity index (χ1v) is 10.5. The summed E-state index contributed by atoms with van der Waals surface area (Å²) in [4.78, 5) is 24.7. The molecule has 3 rings (SSSR count). The number of para-hydroxylation sites is 1. The van der Waals surface area contributed by atoms with E-state index in [0.29, 0.717) is 27.6 Å². The Kier molecular flexibility index (Phi) is 7.25. The van der Waals surface area contributed by atoms with Crippen molar-refractivity contribution in [1.82, 2.24) is 15.2 Å². The van der Waals surface area contributed by atoms with Crippen molar-refractivity contribution in [3.05, 3.63) is 80.5 Å². The second-order valence-electron chi connectivity index (χ2n) is 6.77. The minimum absolute atomic E-state index is 0.0300. The van der Waals surface area contributed by atoms with E-state index in [4.69, 9.17) is 16.3 Å². The van der Waals surface area contributed by atoms with Gasteiger partial charge in [-0.3, -0.25) is 9.48 Å². The fourth-order valence-corrected chi connectivity index (χ4v) is 3.22. The average Bonchev–Trinajstić information content (AvgIpc) is 2.99. The SMILES string of the molecule is C/C(=N\NC(=O)Cn1nc(C)c(Br)c1C)c1ccccc1OC(=O)c1ccc(Cl)cc1. The predicted molar refractivity (Wildman–Crippen MR) is 123 cm³/mol. The number of benzene rings is 2. The summed E-state index contributed by atoms with van der Waals surface area (Å²) < 4.78 is 8.00. The zero-order valence-corrected chi connectivity index (χ0v) is 19.5. The fraction of sp³-hybridized carbons (Fsp3) is 0.182. The quantitative estimate of drug-likeness (QED) is 0.229. The number of hydrazone groups is 1. The van der Waals surface area contributed by atoms with Crippen molar-refractivity contribution in [3.63, 3.8) is 0 Å². The number of esters is 1. The summed E-state index contributed by atoms with van der Waals surface area (Å²) in [6, 6.07) is 13.4. The molecule has 0 aliphatic carbocycles. The van der Waals surface area contributed by atoms with Gasteiger partial charge in [0.25, 0.3) is 5.91 Å². The first kappa shape index (κ1) is 22.7. The molecule has 3 aromatic rings. The van der Waals surface area contributed by atoms with Gasteiger partial charge in [0.2, 0.25) is 0 Å². The molecule has 0 unspecified atom stereocenters. The molecule has 2 aromatic carbocycles. The van der Waals surface area contributed by atoms with Crippen molar-refractivity contribution in [2.45, 2.75) is 27.3 Å². The molecule has 0 radical (unpaired) electrons. The molecule has 0 atom stereocenters. The molecule has 160 valence electrons. The molecule has 31 heavy (non-hydrogen) atoms. The first-order chi connectivity index (χ1) is 14.8. The van der Waals surface area contributed by atoms with Crippen LogP contribution in [0.1, 0.15) is 34.2 Å². The van der Waals surface area contributed by atoms with Gasteiger partial charge in [0, 0.05) is 10.6 Å². The molecule has 1 heterocycles. The Bertz CT molecular complexity index is 1160. The lowest BCUT2D eigenvalue weighted by atomic mass is 10.1. The van der Waals surface area contributed by atoms with Gasteiger partial charge in [-0.2, -0.15) is 10.2 Å². The minimum Gasteiger partial charge on any atom is -0.422 e. The summed E-state index contributed by atoms with van der Waals surface area (Å²) in [5.74, 6) is -0.510. The number of amides is 1. The van der Waals surface area contributed by atoms with Gasteiger partial charge in [0.05, 0.1) is 27.1 Å². The Morgan fingerprint density at radius 2 is 1.84 bits per heavy atom. The Balaban J connectivity index is 1.71. The van der Waals surface area contributed by atoms with Crippen LogP contribution in [0.4, 0.5) is 0 Å². The molecule has 0 fully saturated rings. The van der Waals surface area contributed by atoms with E-state index in [0.717, 1.165) is 15.9 Å². The fourth-order valence-electron chi connectivity index (χ4n) is 2.81. The molecule has 1 aromatic heterocycles. The highest BCUT2D eigenvalue weighted by Gasteiger charge is 2.14. The normalized spacial score (nSPS) is 11.3. The van der Waals surface area contributed by atoms with Crippen LogP contribution < -0.4 is 10.2 Å². The van der Waals surface area contributed by atoms with Crippen LogP contribution in [0, 0.1) is 13.8 Å². The van der Waals surface area contributed by atoms with Gasteiger partial charge in [0.1, 0.15) is 12.3 Å². The molecule has 0 aliphatic rings. The van der Waals surface area contributed by atoms with Crippen LogP contribution in [-0.4, -0.2) is 27.4 Å². The number of ether oxygens (including phenoxy) is 1. The third kappa shape index (κ3) is 5.59. The van der Waals surface area contributed by atoms with Crippen molar-refractivity contribution in [2.75, 3.05) is 0 Å². The highest BCUT2D eigenvalue weighted by atomic mass is 79.9. The van der Waals surface area contributed by atoms with E-state index in [9.17, 15) is 9.59 Å². The minimum atomic E-state index is -0.518. The smallest absolute Gasteiger partial charge is 0.343 e. The molecule has 1 amide bonds. The molecule has 7 nitrogen and oxygen atoms in total. The van der Waals surface area contributed by atoms with Gasteiger partial charge in [0.15, 0.2) is 0 Å². The van der Waals surface area contributed by atoms with Crippen LogP contribution in [0.25, 0.3) is 0 Å². The molecule has 0 saturated carbocycles. The van der Waals surface area contributed by atoms with Gasteiger partial charge in [-0.25, -0.2) is 10.2 Å². The van der Waals surface area contributed by atoms with Gasteiger partial charge < -0.3 is 4.74 Å². The molecule has 9 heteroatoms. The van der Waals surface area contributed by atoms with Gasteiger partial charge in [-0.15, -0.1) is 0 Å². The van der Waals surface area contributed by atoms with E-state index in [1.807, 2.05) is 13.8 Å². The summed E-state index contributed by atoms with van der Waals surface area (Å²) >= 11 is 9.30. The molecule has 0 saturated heterocycles. The van der Waals surface area contributed by atoms with Crippen molar-refractivity contribution >= 4 is 45.1 Å². The largest absolute Gasteiger partial charge is 0.422 e. The Hall–Kier alpha value is -2.97. The van der Waals surface area contributed by atoms with E-state index < -0.39 is 5.97 Å². The number of aromatic nitrogens is 2. The average molecular weight is 504 g/mol. The number of hydrogen-bond donors (Lipinski definition) is 1. The molecule has 0 spiro atoms. The topological polar surface area (TPSA) is 85.6 Å². The van der Waals surface area contributed by atoms with Gasteiger partial charge >= 0.3 is 5.97 Å². The van der Waals surface area contributed by atoms with Crippen molar-refractivity contribution in [2.24, 2.45) is 5.10 Å². The first-order valence-electron chi connectivity index (χ1n) is 9.36. The van der Waals surface area contributed by atoms with E-state index in [2.05, 4.69) is 31.6 Å². The van der Waals surface area contributed by atoms with Gasteiger partial charge in [-0.05, 0) is 73.1 Å². The molecular weight excluding hydrogens is 484 g/mol. The zero-order valence-electron chi connectivity index (χ0n) is 17.1. The van der Waals surface area contributed by atoms with Crippen LogP contribution >= 0.6 is 27.5 Å². The number of carbonyl (C=O) groups is 2. The number of aryl methyl sites for hydroxylation is 1. The van der Waals surface area contributed by atoms with E-state index in [-0.39, 0.29) is 12.5 Å². The van der Waals surface area contributed by atoms with Gasteiger partial charge in [-0.1, -0.05) is 23.7 Å². The zero-order chi connectivity index (χ0) is 22.5. The Labute approximate surface area is 193 Å².